The number of nitrogens with one attached hydrogen (secondary N) is 1. The third kappa shape index (κ3) is 3.01. The SMILES string of the molecule is O=C(N1CCCC1)[C@@]1(Cc2ccc(-c3cccs3)cc2)CCNC1. The van der Waals surface area contributed by atoms with Crippen LogP contribution in [0.2, 0.25) is 0 Å². The van der Waals surface area contributed by atoms with E-state index in [2.05, 4.69) is 52.0 Å². The van der Waals surface area contributed by atoms with E-state index in [1.807, 2.05) is 0 Å². The van der Waals surface area contributed by atoms with E-state index in [-0.39, 0.29) is 5.41 Å². The summed E-state index contributed by atoms with van der Waals surface area (Å²) in [5.41, 5.74) is 2.29. The molecule has 3 nitrogen and oxygen atoms in total. The van der Waals surface area contributed by atoms with Crippen LogP contribution in [0.25, 0.3) is 10.4 Å². The zero-order valence-corrected chi connectivity index (χ0v) is 14.8. The molecule has 126 valence electrons. The number of nitrogens with zero attached hydrogens (tertiary/aromatic N) is 1. The van der Waals surface area contributed by atoms with Gasteiger partial charge < -0.3 is 10.2 Å². The Balaban J connectivity index is 1.53. The standard InChI is InChI=1S/C20H24N2OS/c23-19(22-11-1-2-12-22)20(9-10-21-15-20)14-16-5-7-17(8-6-16)18-4-3-13-24-18/h3-8,13,21H,1-2,9-12,14-15H2/t20-/m1/s1. The van der Waals surface area contributed by atoms with Crippen molar-refractivity contribution in [2.45, 2.75) is 25.7 Å². The van der Waals surface area contributed by atoms with Gasteiger partial charge in [-0.25, -0.2) is 0 Å². The fourth-order valence-electron chi connectivity index (χ4n) is 4.03. The minimum atomic E-state index is -0.241. The second-order valence-electron chi connectivity index (χ2n) is 7.06. The van der Waals surface area contributed by atoms with Crippen LogP contribution in [0.1, 0.15) is 24.8 Å². The van der Waals surface area contributed by atoms with E-state index in [0.717, 1.165) is 51.9 Å². The van der Waals surface area contributed by atoms with Crippen LogP contribution in [-0.2, 0) is 11.2 Å². The first-order valence-electron chi connectivity index (χ1n) is 8.90. The molecule has 3 heterocycles. The Kier molecular flexibility index (Phi) is 4.42. The van der Waals surface area contributed by atoms with E-state index in [1.165, 1.54) is 16.0 Å². The molecule has 1 aromatic heterocycles. The molecule has 0 aliphatic carbocycles. The third-order valence-corrected chi connectivity index (χ3v) is 6.31. The Morgan fingerprint density at radius 2 is 1.96 bits per heavy atom. The highest BCUT2D eigenvalue weighted by Crippen LogP contribution is 2.34. The van der Waals surface area contributed by atoms with Crippen LogP contribution in [0.15, 0.2) is 41.8 Å². The summed E-state index contributed by atoms with van der Waals surface area (Å²) in [5, 5.41) is 5.53. The second-order valence-corrected chi connectivity index (χ2v) is 8.01. The minimum absolute atomic E-state index is 0.241. The third-order valence-electron chi connectivity index (χ3n) is 5.39. The summed E-state index contributed by atoms with van der Waals surface area (Å²) in [6.45, 7) is 3.65. The van der Waals surface area contributed by atoms with E-state index in [4.69, 9.17) is 0 Å². The number of thiophene rings is 1. The Morgan fingerprint density at radius 1 is 1.17 bits per heavy atom. The van der Waals surface area contributed by atoms with Gasteiger partial charge >= 0.3 is 0 Å². The van der Waals surface area contributed by atoms with Gasteiger partial charge in [0, 0.05) is 24.5 Å². The average molecular weight is 340 g/mol. The molecule has 4 heteroatoms. The Hall–Kier alpha value is -1.65. The normalized spacial score (nSPS) is 23.8. The van der Waals surface area contributed by atoms with Crippen molar-refractivity contribution in [3.8, 4) is 10.4 Å². The molecule has 1 amide bonds. The predicted molar refractivity (Wildman–Crippen MR) is 99.2 cm³/mol. The molecule has 0 bridgehead atoms. The molecule has 1 atom stereocenters. The van der Waals surface area contributed by atoms with E-state index < -0.39 is 0 Å². The van der Waals surface area contributed by atoms with Crippen molar-refractivity contribution in [1.82, 2.24) is 10.2 Å². The second kappa shape index (κ2) is 6.69. The van der Waals surface area contributed by atoms with Crippen molar-refractivity contribution in [2.24, 2.45) is 5.41 Å². The number of amides is 1. The van der Waals surface area contributed by atoms with Gasteiger partial charge in [0.15, 0.2) is 0 Å². The zero-order chi connectivity index (χ0) is 16.4. The van der Waals surface area contributed by atoms with Crippen LogP contribution in [0, 0.1) is 5.41 Å². The molecule has 0 unspecified atom stereocenters. The summed E-state index contributed by atoms with van der Waals surface area (Å²) < 4.78 is 0. The smallest absolute Gasteiger partial charge is 0.230 e. The Bertz CT molecular complexity index is 681. The van der Waals surface area contributed by atoms with Crippen LogP contribution in [-0.4, -0.2) is 37.0 Å². The van der Waals surface area contributed by atoms with E-state index in [0.29, 0.717) is 5.91 Å². The van der Waals surface area contributed by atoms with Crippen molar-refractivity contribution < 1.29 is 4.79 Å². The van der Waals surface area contributed by atoms with Gasteiger partial charge in [0.1, 0.15) is 0 Å². The molecule has 2 aromatic rings. The van der Waals surface area contributed by atoms with Crippen molar-refractivity contribution in [1.29, 1.82) is 0 Å². The maximum atomic E-state index is 13.1. The van der Waals surface area contributed by atoms with E-state index in [9.17, 15) is 4.79 Å². The number of carbonyl (C=O) groups is 1. The van der Waals surface area contributed by atoms with Gasteiger partial charge in [0.2, 0.25) is 5.91 Å². The first kappa shape index (κ1) is 15.9. The first-order valence-corrected chi connectivity index (χ1v) is 9.78. The van der Waals surface area contributed by atoms with Gasteiger partial charge in [0.05, 0.1) is 5.41 Å². The lowest BCUT2D eigenvalue weighted by Gasteiger charge is -2.32. The van der Waals surface area contributed by atoms with Crippen LogP contribution in [0.3, 0.4) is 0 Å². The fourth-order valence-corrected chi connectivity index (χ4v) is 4.76. The summed E-state index contributed by atoms with van der Waals surface area (Å²) in [6.07, 6.45) is 4.12. The summed E-state index contributed by atoms with van der Waals surface area (Å²) >= 11 is 1.76. The predicted octanol–water partition coefficient (Wildman–Crippen LogP) is 3.56. The molecule has 4 rings (SSSR count). The van der Waals surface area contributed by atoms with Gasteiger partial charge in [-0.15, -0.1) is 11.3 Å². The molecule has 24 heavy (non-hydrogen) atoms. The highest BCUT2D eigenvalue weighted by molar-refractivity contribution is 7.13. The monoisotopic (exact) mass is 340 g/mol. The van der Waals surface area contributed by atoms with Crippen LogP contribution in [0.4, 0.5) is 0 Å². The molecule has 0 saturated carbocycles. The summed E-state index contributed by atoms with van der Waals surface area (Å²) in [5.74, 6) is 0.368. The molecule has 0 spiro atoms. The lowest BCUT2D eigenvalue weighted by atomic mass is 9.79. The van der Waals surface area contributed by atoms with E-state index >= 15 is 0 Å². The molecule has 0 radical (unpaired) electrons. The van der Waals surface area contributed by atoms with Crippen molar-refractivity contribution in [3.63, 3.8) is 0 Å². The molecular weight excluding hydrogens is 316 g/mol. The quantitative estimate of drug-likeness (QED) is 0.923. The average Bonchev–Trinajstić information content (AvgIpc) is 3.37. The molecular formula is C20H24N2OS. The molecule has 1 aromatic carbocycles. The highest BCUT2D eigenvalue weighted by Gasteiger charge is 2.44. The lowest BCUT2D eigenvalue weighted by Crippen LogP contribution is -2.45. The Morgan fingerprint density at radius 3 is 2.58 bits per heavy atom. The maximum Gasteiger partial charge on any atom is 0.230 e. The van der Waals surface area contributed by atoms with Crippen LogP contribution in [0.5, 0.6) is 0 Å². The number of rotatable bonds is 4. The largest absolute Gasteiger partial charge is 0.342 e. The van der Waals surface area contributed by atoms with Crippen LogP contribution >= 0.6 is 11.3 Å². The van der Waals surface area contributed by atoms with Gasteiger partial charge in [-0.05, 0) is 54.8 Å². The Labute approximate surface area is 147 Å². The first-order chi connectivity index (χ1) is 11.8. The number of hydrogen-bond acceptors (Lipinski definition) is 3. The molecule has 1 N–H and O–H groups in total. The summed E-state index contributed by atoms with van der Waals surface area (Å²) in [7, 11) is 0. The van der Waals surface area contributed by atoms with Gasteiger partial charge in [-0.2, -0.15) is 0 Å². The lowest BCUT2D eigenvalue weighted by molar-refractivity contribution is -0.140. The van der Waals surface area contributed by atoms with Gasteiger partial charge in [0.25, 0.3) is 0 Å². The van der Waals surface area contributed by atoms with Crippen molar-refractivity contribution in [2.75, 3.05) is 26.2 Å². The maximum absolute atomic E-state index is 13.1. The molecule has 2 aliphatic rings. The molecule has 2 fully saturated rings. The topological polar surface area (TPSA) is 32.3 Å². The van der Waals surface area contributed by atoms with Crippen molar-refractivity contribution in [3.05, 3.63) is 47.3 Å². The van der Waals surface area contributed by atoms with Gasteiger partial charge in [-0.3, -0.25) is 4.79 Å². The minimum Gasteiger partial charge on any atom is -0.342 e. The number of benzene rings is 1. The fraction of sp³-hybridized carbons (Fsp3) is 0.450. The van der Waals surface area contributed by atoms with Gasteiger partial charge in [-0.1, -0.05) is 30.3 Å². The van der Waals surface area contributed by atoms with Crippen LogP contribution < -0.4 is 5.32 Å². The molecule has 2 aliphatic heterocycles. The highest BCUT2D eigenvalue weighted by atomic mass is 32.1. The number of carbonyl (C=O) groups excluding carboxylic acids is 1. The molecule has 2 saturated heterocycles. The number of likely N-dealkylation sites (tertiary alicyclic amines) is 1. The van der Waals surface area contributed by atoms with Crippen molar-refractivity contribution >= 4 is 17.2 Å². The summed E-state index contributed by atoms with van der Waals surface area (Å²) in [6, 6.07) is 13.0. The number of hydrogen-bond donors (Lipinski definition) is 1. The van der Waals surface area contributed by atoms with E-state index in [1.54, 1.807) is 11.3 Å². The summed E-state index contributed by atoms with van der Waals surface area (Å²) in [4.78, 5) is 16.5. The zero-order valence-electron chi connectivity index (χ0n) is 14.0.